The van der Waals surface area contributed by atoms with Gasteiger partial charge in [-0.25, -0.2) is 0 Å². The van der Waals surface area contributed by atoms with Crippen molar-refractivity contribution in [1.29, 1.82) is 0 Å². The first-order chi connectivity index (χ1) is 8.34. The average molecular weight is 242 g/mol. The van der Waals surface area contributed by atoms with Gasteiger partial charge in [0, 0.05) is 0 Å². The number of benzene rings is 1. The largest absolute Gasteiger partial charge is 0.0772 e. The summed E-state index contributed by atoms with van der Waals surface area (Å²) in [5, 5.41) is 0. The summed E-state index contributed by atoms with van der Waals surface area (Å²) in [7, 11) is 0. The van der Waals surface area contributed by atoms with Crippen LogP contribution in [-0.2, 0) is 12.8 Å². The SMILES string of the molecule is CC(C)=C(C)C1Cc2c(C)c(C)c(C)c(C)c2C1. The Kier molecular flexibility index (Phi) is 3.40. The van der Waals surface area contributed by atoms with Gasteiger partial charge in [-0.3, -0.25) is 0 Å². The fourth-order valence-electron chi connectivity index (χ4n) is 3.30. The molecule has 0 saturated carbocycles. The van der Waals surface area contributed by atoms with E-state index in [1.165, 1.54) is 40.7 Å². The molecule has 0 fully saturated rings. The Balaban J connectivity index is 2.51. The van der Waals surface area contributed by atoms with E-state index in [0.717, 1.165) is 5.92 Å². The summed E-state index contributed by atoms with van der Waals surface area (Å²) in [5.74, 6) is 0.739. The fraction of sp³-hybridized carbons (Fsp3) is 0.556. The second-order valence-electron chi connectivity index (χ2n) is 6.25. The summed E-state index contributed by atoms with van der Waals surface area (Å²) < 4.78 is 0. The molecule has 1 aliphatic carbocycles. The van der Waals surface area contributed by atoms with Crippen LogP contribution in [-0.4, -0.2) is 0 Å². The van der Waals surface area contributed by atoms with Crippen LogP contribution in [0, 0.1) is 33.6 Å². The van der Waals surface area contributed by atoms with Crippen molar-refractivity contribution in [3.8, 4) is 0 Å². The summed E-state index contributed by atoms with van der Waals surface area (Å²) in [6, 6.07) is 0. The van der Waals surface area contributed by atoms with E-state index in [0.29, 0.717) is 0 Å². The lowest BCUT2D eigenvalue weighted by Gasteiger charge is -2.15. The highest BCUT2D eigenvalue weighted by molar-refractivity contribution is 5.53. The Hall–Kier alpha value is -1.04. The molecular weight excluding hydrogens is 216 g/mol. The van der Waals surface area contributed by atoms with Crippen LogP contribution < -0.4 is 0 Å². The lowest BCUT2D eigenvalue weighted by Crippen LogP contribution is -2.02. The first kappa shape index (κ1) is 13.4. The molecule has 0 saturated heterocycles. The normalized spacial score (nSPS) is 14.8. The molecule has 0 aliphatic heterocycles. The van der Waals surface area contributed by atoms with Crippen LogP contribution in [0.1, 0.15) is 54.2 Å². The second-order valence-corrected chi connectivity index (χ2v) is 6.25. The van der Waals surface area contributed by atoms with Gasteiger partial charge in [0.2, 0.25) is 0 Å². The molecule has 0 N–H and O–H groups in total. The van der Waals surface area contributed by atoms with Gasteiger partial charge in [-0.15, -0.1) is 0 Å². The maximum absolute atomic E-state index is 2.32. The summed E-state index contributed by atoms with van der Waals surface area (Å²) >= 11 is 0. The minimum Gasteiger partial charge on any atom is -0.0772 e. The average Bonchev–Trinajstić information content (AvgIpc) is 2.77. The number of hydrogen-bond acceptors (Lipinski definition) is 0. The molecule has 0 nitrogen and oxygen atoms in total. The highest BCUT2D eigenvalue weighted by Crippen LogP contribution is 2.38. The lowest BCUT2D eigenvalue weighted by atomic mass is 9.90. The van der Waals surface area contributed by atoms with Gasteiger partial charge in [-0.1, -0.05) is 11.1 Å². The number of rotatable bonds is 1. The molecule has 1 aromatic rings. The van der Waals surface area contributed by atoms with Crippen LogP contribution in [0.2, 0.25) is 0 Å². The third-order valence-corrected chi connectivity index (χ3v) is 5.26. The van der Waals surface area contributed by atoms with Crippen LogP contribution in [0.4, 0.5) is 0 Å². The highest BCUT2D eigenvalue weighted by Gasteiger charge is 2.27. The molecule has 2 rings (SSSR count). The van der Waals surface area contributed by atoms with Crippen molar-refractivity contribution < 1.29 is 0 Å². The molecule has 0 amide bonds. The summed E-state index contributed by atoms with van der Waals surface area (Å²) in [4.78, 5) is 0. The second kappa shape index (κ2) is 4.57. The Morgan fingerprint density at radius 1 is 0.722 bits per heavy atom. The smallest absolute Gasteiger partial charge is 0.0122 e. The Morgan fingerprint density at radius 3 is 1.44 bits per heavy atom. The highest BCUT2D eigenvalue weighted by atomic mass is 14.3. The minimum absolute atomic E-state index is 0.739. The van der Waals surface area contributed by atoms with Crippen molar-refractivity contribution in [1.82, 2.24) is 0 Å². The Morgan fingerprint density at radius 2 is 1.11 bits per heavy atom. The molecule has 0 atom stereocenters. The topological polar surface area (TPSA) is 0 Å². The van der Waals surface area contributed by atoms with Crippen LogP contribution in [0.3, 0.4) is 0 Å². The molecule has 0 radical (unpaired) electrons. The predicted octanol–water partition coefficient (Wildman–Crippen LogP) is 4.99. The van der Waals surface area contributed by atoms with Gasteiger partial charge in [0.05, 0.1) is 0 Å². The molecule has 0 spiro atoms. The van der Waals surface area contributed by atoms with E-state index in [1.807, 2.05) is 0 Å². The zero-order valence-electron chi connectivity index (χ0n) is 13.0. The summed E-state index contributed by atoms with van der Waals surface area (Å²) in [5.41, 5.74) is 12.5. The third-order valence-electron chi connectivity index (χ3n) is 5.26. The maximum Gasteiger partial charge on any atom is -0.0122 e. The Bertz CT molecular complexity index is 489. The van der Waals surface area contributed by atoms with E-state index >= 15 is 0 Å². The molecule has 0 bridgehead atoms. The van der Waals surface area contributed by atoms with Crippen molar-refractivity contribution in [3.63, 3.8) is 0 Å². The molecule has 0 heterocycles. The number of allylic oxidation sites excluding steroid dienone is 2. The van der Waals surface area contributed by atoms with E-state index in [4.69, 9.17) is 0 Å². The van der Waals surface area contributed by atoms with E-state index in [2.05, 4.69) is 48.5 Å². The van der Waals surface area contributed by atoms with E-state index in [9.17, 15) is 0 Å². The molecule has 0 unspecified atom stereocenters. The van der Waals surface area contributed by atoms with Gasteiger partial charge in [0.25, 0.3) is 0 Å². The number of hydrogen-bond donors (Lipinski definition) is 0. The summed E-state index contributed by atoms with van der Waals surface area (Å²) in [6.07, 6.45) is 2.50. The van der Waals surface area contributed by atoms with Crippen LogP contribution in [0.15, 0.2) is 11.1 Å². The molecule has 1 aromatic carbocycles. The molecule has 1 aliphatic rings. The van der Waals surface area contributed by atoms with Gasteiger partial charge in [-0.2, -0.15) is 0 Å². The van der Waals surface area contributed by atoms with Crippen molar-refractivity contribution in [3.05, 3.63) is 44.5 Å². The zero-order chi connectivity index (χ0) is 13.6. The first-order valence-corrected chi connectivity index (χ1v) is 7.06. The maximum atomic E-state index is 2.32. The predicted molar refractivity (Wildman–Crippen MR) is 80.3 cm³/mol. The van der Waals surface area contributed by atoms with Crippen LogP contribution in [0.5, 0.6) is 0 Å². The van der Waals surface area contributed by atoms with Gasteiger partial charge in [-0.05, 0) is 101 Å². The Labute approximate surface area is 112 Å². The van der Waals surface area contributed by atoms with Gasteiger partial charge < -0.3 is 0 Å². The first-order valence-electron chi connectivity index (χ1n) is 7.06. The molecular formula is C18H26. The van der Waals surface area contributed by atoms with Crippen LogP contribution >= 0.6 is 0 Å². The van der Waals surface area contributed by atoms with Gasteiger partial charge in [0.15, 0.2) is 0 Å². The monoisotopic (exact) mass is 242 g/mol. The van der Waals surface area contributed by atoms with Crippen molar-refractivity contribution in [2.45, 2.75) is 61.3 Å². The molecule has 0 heteroatoms. The zero-order valence-corrected chi connectivity index (χ0v) is 13.0. The minimum atomic E-state index is 0.739. The third kappa shape index (κ3) is 1.92. The summed E-state index contributed by atoms with van der Waals surface area (Å²) in [6.45, 7) is 16.0. The van der Waals surface area contributed by atoms with Gasteiger partial charge >= 0.3 is 0 Å². The van der Waals surface area contributed by atoms with Gasteiger partial charge in [0.1, 0.15) is 0 Å². The fourth-order valence-corrected chi connectivity index (χ4v) is 3.30. The van der Waals surface area contributed by atoms with E-state index < -0.39 is 0 Å². The van der Waals surface area contributed by atoms with Crippen molar-refractivity contribution in [2.75, 3.05) is 0 Å². The molecule has 0 aromatic heterocycles. The van der Waals surface area contributed by atoms with Crippen molar-refractivity contribution in [2.24, 2.45) is 5.92 Å². The lowest BCUT2D eigenvalue weighted by molar-refractivity contribution is 0.649. The van der Waals surface area contributed by atoms with E-state index in [1.54, 1.807) is 16.7 Å². The number of fused-ring (bicyclic) bond motifs is 1. The molecule has 18 heavy (non-hydrogen) atoms. The standard InChI is InChI=1S/C18H26/c1-10(2)11(3)16-8-17-14(6)12(4)13(5)15(7)18(17)9-16/h16H,8-9H2,1-7H3. The van der Waals surface area contributed by atoms with E-state index in [-0.39, 0.29) is 0 Å². The van der Waals surface area contributed by atoms with Crippen LogP contribution in [0.25, 0.3) is 0 Å². The van der Waals surface area contributed by atoms with Crippen molar-refractivity contribution >= 4 is 0 Å². The quantitative estimate of drug-likeness (QED) is 0.608. The molecule has 98 valence electrons.